The first kappa shape index (κ1) is 13.3. The third kappa shape index (κ3) is 2.64. The highest BCUT2D eigenvalue weighted by Crippen LogP contribution is 2.19. The van der Waals surface area contributed by atoms with Gasteiger partial charge in [-0.05, 0) is 18.6 Å². The molecule has 0 radical (unpaired) electrons. The highest BCUT2D eigenvalue weighted by atomic mass is 16.3. The number of para-hydroxylation sites is 1. The molecule has 0 saturated carbocycles. The summed E-state index contributed by atoms with van der Waals surface area (Å²) in [5.41, 5.74) is 7.14. The summed E-state index contributed by atoms with van der Waals surface area (Å²) in [4.78, 5) is 10.8. The minimum atomic E-state index is -1.64. The molecule has 0 aliphatic rings. The van der Waals surface area contributed by atoms with Crippen molar-refractivity contribution >= 4 is 5.91 Å². The van der Waals surface area contributed by atoms with Crippen LogP contribution < -0.4 is 5.73 Å². The lowest BCUT2D eigenvalue weighted by molar-refractivity contribution is -0.131. The van der Waals surface area contributed by atoms with Crippen LogP contribution in [0.2, 0.25) is 0 Å². The summed E-state index contributed by atoms with van der Waals surface area (Å²) >= 11 is 0. The molecule has 0 aliphatic carbocycles. The molecule has 0 aliphatic heterocycles. The number of rotatable bonds is 4. The van der Waals surface area contributed by atoms with Gasteiger partial charge in [0.1, 0.15) is 6.10 Å². The van der Waals surface area contributed by atoms with Crippen molar-refractivity contribution in [2.24, 2.45) is 5.73 Å². The van der Waals surface area contributed by atoms with Crippen LogP contribution in [0.4, 0.5) is 0 Å². The molecular weight excluding hydrogens is 246 g/mol. The summed E-state index contributed by atoms with van der Waals surface area (Å²) in [6, 6.07) is 7.60. The summed E-state index contributed by atoms with van der Waals surface area (Å²) in [6.07, 6.45) is -0.0765. The second-order valence-electron chi connectivity index (χ2n) is 4.30. The summed E-state index contributed by atoms with van der Waals surface area (Å²) in [7, 11) is 0. The van der Waals surface area contributed by atoms with E-state index < -0.39 is 18.1 Å². The first-order chi connectivity index (χ1) is 9.00. The van der Waals surface area contributed by atoms with Gasteiger partial charge in [0.15, 0.2) is 6.10 Å². The number of amides is 1. The molecule has 0 saturated heterocycles. The van der Waals surface area contributed by atoms with Gasteiger partial charge in [-0.15, -0.1) is 0 Å². The van der Waals surface area contributed by atoms with E-state index in [1.807, 2.05) is 31.2 Å². The van der Waals surface area contributed by atoms with Crippen LogP contribution >= 0.6 is 0 Å². The molecule has 0 spiro atoms. The molecular formula is C13H15N3O3. The standard InChI is InChI=1S/C13H15N3O3/c1-8-4-2-3-5-10(8)16-7-9(6-15-16)11(17)12(18)13(14)19/h2-7,11-12,17-18H,1H3,(H2,14,19). The zero-order chi connectivity index (χ0) is 14.0. The van der Waals surface area contributed by atoms with Gasteiger partial charge >= 0.3 is 0 Å². The lowest BCUT2D eigenvalue weighted by atomic mass is 10.1. The lowest BCUT2D eigenvalue weighted by Crippen LogP contribution is -2.33. The largest absolute Gasteiger partial charge is 0.385 e. The molecule has 0 fully saturated rings. The Labute approximate surface area is 110 Å². The molecule has 100 valence electrons. The average Bonchev–Trinajstić information content (AvgIpc) is 2.86. The average molecular weight is 261 g/mol. The van der Waals surface area contributed by atoms with Crippen molar-refractivity contribution in [3.8, 4) is 5.69 Å². The van der Waals surface area contributed by atoms with Crippen molar-refractivity contribution in [3.05, 3.63) is 47.8 Å². The van der Waals surface area contributed by atoms with E-state index in [1.54, 1.807) is 10.9 Å². The van der Waals surface area contributed by atoms with E-state index in [0.717, 1.165) is 11.3 Å². The molecule has 0 bridgehead atoms. The molecule has 6 heteroatoms. The number of aryl methyl sites for hydroxylation is 1. The molecule has 1 aromatic heterocycles. The SMILES string of the molecule is Cc1ccccc1-n1cc(C(O)C(O)C(N)=O)cn1. The summed E-state index contributed by atoms with van der Waals surface area (Å²) in [5, 5.41) is 23.3. The van der Waals surface area contributed by atoms with E-state index in [-0.39, 0.29) is 0 Å². The number of benzene rings is 1. The Kier molecular flexibility index (Phi) is 3.64. The fraction of sp³-hybridized carbons (Fsp3) is 0.231. The van der Waals surface area contributed by atoms with Gasteiger partial charge in [-0.1, -0.05) is 18.2 Å². The van der Waals surface area contributed by atoms with Crippen molar-refractivity contribution < 1.29 is 15.0 Å². The van der Waals surface area contributed by atoms with E-state index in [2.05, 4.69) is 5.10 Å². The monoisotopic (exact) mass is 261 g/mol. The first-order valence-corrected chi connectivity index (χ1v) is 5.76. The molecule has 1 aromatic carbocycles. The quantitative estimate of drug-likeness (QED) is 0.724. The molecule has 19 heavy (non-hydrogen) atoms. The van der Waals surface area contributed by atoms with Gasteiger partial charge in [-0.3, -0.25) is 4.79 Å². The summed E-state index contributed by atoms with van der Waals surface area (Å²) in [6.45, 7) is 1.94. The Balaban J connectivity index is 2.29. The maximum atomic E-state index is 10.8. The topological polar surface area (TPSA) is 101 Å². The summed E-state index contributed by atoms with van der Waals surface area (Å²) < 4.78 is 1.57. The molecule has 6 nitrogen and oxygen atoms in total. The van der Waals surface area contributed by atoms with E-state index in [9.17, 15) is 15.0 Å². The van der Waals surface area contributed by atoms with Gasteiger partial charge in [0.25, 0.3) is 0 Å². The molecule has 2 atom stereocenters. The minimum absolute atomic E-state index is 0.328. The van der Waals surface area contributed by atoms with Crippen LogP contribution in [0.1, 0.15) is 17.2 Å². The van der Waals surface area contributed by atoms with Crippen LogP contribution in [0.15, 0.2) is 36.7 Å². The predicted octanol–water partition coefficient (Wildman–Crippen LogP) is 0.0603. The third-order valence-corrected chi connectivity index (χ3v) is 2.90. The van der Waals surface area contributed by atoms with Crippen LogP contribution in [0.3, 0.4) is 0 Å². The van der Waals surface area contributed by atoms with Gasteiger partial charge in [-0.25, -0.2) is 4.68 Å². The lowest BCUT2D eigenvalue weighted by Gasteiger charge is -2.12. The van der Waals surface area contributed by atoms with Crippen molar-refractivity contribution in [1.82, 2.24) is 9.78 Å². The van der Waals surface area contributed by atoms with Crippen LogP contribution in [0, 0.1) is 6.92 Å². The van der Waals surface area contributed by atoms with E-state index in [0.29, 0.717) is 5.56 Å². The Morgan fingerprint density at radius 2 is 2.05 bits per heavy atom. The van der Waals surface area contributed by atoms with Crippen molar-refractivity contribution in [3.63, 3.8) is 0 Å². The summed E-state index contributed by atoms with van der Waals surface area (Å²) in [5.74, 6) is -0.976. The normalized spacial score (nSPS) is 14.1. The van der Waals surface area contributed by atoms with E-state index >= 15 is 0 Å². The van der Waals surface area contributed by atoms with Gasteiger partial charge in [0.2, 0.25) is 5.91 Å². The number of primary amides is 1. The van der Waals surface area contributed by atoms with Gasteiger partial charge in [-0.2, -0.15) is 5.10 Å². The molecule has 2 aromatic rings. The van der Waals surface area contributed by atoms with Crippen molar-refractivity contribution in [2.45, 2.75) is 19.1 Å². The second-order valence-corrected chi connectivity index (χ2v) is 4.30. The Morgan fingerprint density at radius 1 is 1.37 bits per heavy atom. The number of hydrogen-bond acceptors (Lipinski definition) is 4. The maximum absolute atomic E-state index is 10.8. The molecule has 2 rings (SSSR count). The highest BCUT2D eigenvalue weighted by Gasteiger charge is 2.24. The maximum Gasteiger partial charge on any atom is 0.249 e. The fourth-order valence-electron chi connectivity index (χ4n) is 1.78. The van der Waals surface area contributed by atoms with Crippen LogP contribution in [0.25, 0.3) is 5.69 Å². The van der Waals surface area contributed by atoms with Gasteiger partial charge < -0.3 is 15.9 Å². The van der Waals surface area contributed by atoms with Gasteiger partial charge in [0.05, 0.1) is 11.9 Å². The smallest absolute Gasteiger partial charge is 0.249 e. The fourth-order valence-corrected chi connectivity index (χ4v) is 1.78. The van der Waals surface area contributed by atoms with Crippen molar-refractivity contribution in [1.29, 1.82) is 0 Å². The third-order valence-electron chi connectivity index (χ3n) is 2.90. The predicted molar refractivity (Wildman–Crippen MR) is 68.5 cm³/mol. The number of nitrogens with zero attached hydrogens (tertiary/aromatic N) is 2. The number of aliphatic hydroxyl groups is 2. The van der Waals surface area contributed by atoms with Crippen molar-refractivity contribution in [2.75, 3.05) is 0 Å². The highest BCUT2D eigenvalue weighted by molar-refractivity contribution is 5.79. The Hall–Kier alpha value is -2.18. The van der Waals surface area contributed by atoms with E-state index in [1.165, 1.54) is 6.20 Å². The Bertz CT molecular complexity index is 594. The van der Waals surface area contributed by atoms with Crippen LogP contribution in [-0.2, 0) is 4.79 Å². The first-order valence-electron chi connectivity index (χ1n) is 5.76. The number of aromatic nitrogens is 2. The number of hydrogen-bond donors (Lipinski definition) is 3. The number of carbonyl (C=O) groups excluding carboxylic acids is 1. The molecule has 1 heterocycles. The van der Waals surface area contributed by atoms with Crippen LogP contribution in [0.5, 0.6) is 0 Å². The molecule has 1 amide bonds. The number of nitrogens with two attached hydrogens (primary N) is 1. The van der Waals surface area contributed by atoms with Gasteiger partial charge in [0, 0.05) is 11.8 Å². The zero-order valence-electron chi connectivity index (χ0n) is 10.4. The second kappa shape index (κ2) is 5.21. The zero-order valence-corrected chi connectivity index (χ0v) is 10.4. The van der Waals surface area contributed by atoms with Crippen LogP contribution in [-0.4, -0.2) is 32.0 Å². The molecule has 2 unspecified atom stereocenters. The number of aliphatic hydroxyl groups excluding tert-OH is 2. The molecule has 4 N–H and O–H groups in total. The van der Waals surface area contributed by atoms with E-state index in [4.69, 9.17) is 5.73 Å². The number of carbonyl (C=O) groups is 1. The Morgan fingerprint density at radius 3 is 2.68 bits per heavy atom. The minimum Gasteiger partial charge on any atom is -0.385 e.